The fraction of sp³-hybridized carbons (Fsp3) is 0.500. The van der Waals surface area contributed by atoms with Crippen LogP contribution in [0.15, 0.2) is 18.2 Å². The van der Waals surface area contributed by atoms with Crippen LogP contribution in [-0.4, -0.2) is 41.1 Å². The zero-order valence-corrected chi connectivity index (χ0v) is 13.0. The Labute approximate surface area is 125 Å². The number of carbonyl (C=O) groups is 2. The van der Waals surface area contributed by atoms with Crippen molar-refractivity contribution in [1.82, 2.24) is 4.90 Å². The van der Waals surface area contributed by atoms with Gasteiger partial charge >= 0.3 is 5.97 Å². The van der Waals surface area contributed by atoms with Gasteiger partial charge in [-0.25, -0.2) is 0 Å². The summed E-state index contributed by atoms with van der Waals surface area (Å²) in [6, 6.07) is 5.45. The molecule has 0 radical (unpaired) electrons. The minimum atomic E-state index is -0.913. The first-order valence-corrected chi connectivity index (χ1v) is 7.07. The molecule has 5 heteroatoms. The first-order chi connectivity index (χ1) is 9.86. The number of nitrogens with zero attached hydrogens (tertiary/aromatic N) is 1. The Hall–Kier alpha value is -2.04. The van der Waals surface area contributed by atoms with E-state index in [0.29, 0.717) is 12.3 Å². The normalized spacial score (nSPS) is 11.8. The molecule has 0 bridgehead atoms. The van der Waals surface area contributed by atoms with E-state index in [-0.39, 0.29) is 25.0 Å². The summed E-state index contributed by atoms with van der Waals surface area (Å²) in [4.78, 5) is 24.5. The molecule has 0 aliphatic rings. The molecule has 116 valence electrons. The lowest BCUT2D eigenvalue weighted by Gasteiger charge is -2.27. The molecule has 0 saturated heterocycles. The van der Waals surface area contributed by atoms with Gasteiger partial charge in [0, 0.05) is 12.6 Å². The lowest BCUT2D eigenvalue weighted by Crippen LogP contribution is -2.42. The molecule has 0 saturated carbocycles. The topological polar surface area (TPSA) is 66.8 Å². The highest BCUT2D eigenvalue weighted by atomic mass is 16.5. The van der Waals surface area contributed by atoms with Gasteiger partial charge in [-0.05, 0) is 38.8 Å². The van der Waals surface area contributed by atoms with E-state index >= 15 is 0 Å². The third-order valence-corrected chi connectivity index (χ3v) is 3.41. The number of rotatable bonds is 7. The van der Waals surface area contributed by atoms with Crippen molar-refractivity contribution < 1.29 is 19.4 Å². The van der Waals surface area contributed by atoms with Crippen LogP contribution in [-0.2, 0) is 9.59 Å². The molecular formula is C16H23NO4. The standard InChI is InChI=1S/C16H23NO4/c1-5-17(13(4)9-15(19)20)14(18)10-21-16-11(2)7-6-8-12(16)3/h6-8,13H,5,9-10H2,1-4H3,(H,19,20). The maximum Gasteiger partial charge on any atom is 0.305 e. The van der Waals surface area contributed by atoms with Crippen LogP contribution < -0.4 is 4.74 Å². The van der Waals surface area contributed by atoms with Crippen LogP contribution in [0, 0.1) is 13.8 Å². The lowest BCUT2D eigenvalue weighted by molar-refractivity contribution is -0.141. The Balaban J connectivity index is 2.69. The summed E-state index contributed by atoms with van der Waals surface area (Å²) in [7, 11) is 0. The molecule has 1 rings (SSSR count). The van der Waals surface area contributed by atoms with E-state index in [0.717, 1.165) is 11.1 Å². The number of aryl methyl sites for hydroxylation is 2. The van der Waals surface area contributed by atoms with Crippen LogP contribution >= 0.6 is 0 Å². The van der Waals surface area contributed by atoms with Crippen LogP contribution in [0.1, 0.15) is 31.4 Å². The lowest BCUT2D eigenvalue weighted by atomic mass is 10.1. The van der Waals surface area contributed by atoms with Gasteiger partial charge < -0.3 is 14.7 Å². The summed E-state index contributed by atoms with van der Waals surface area (Å²) < 4.78 is 5.63. The molecule has 1 amide bonds. The molecule has 0 fully saturated rings. The van der Waals surface area contributed by atoms with Gasteiger partial charge in [0.05, 0.1) is 6.42 Å². The summed E-state index contributed by atoms with van der Waals surface area (Å²) in [5.41, 5.74) is 1.95. The van der Waals surface area contributed by atoms with Gasteiger partial charge in [-0.2, -0.15) is 0 Å². The number of amides is 1. The molecule has 1 aromatic rings. The van der Waals surface area contributed by atoms with Crippen molar-refractivity contribution in [2.45, 2.75) is 40.2 Å². The second-order valence-electron chi connectivity index (χ2n) is 5.14. The predicted octanol–water partition coefficient (Wildman–Crippen LogP) is 2.39. The van der Waals surface area contributed by atoms with E-state index in [4.69, 9.17) is 9.84 Å². The number of para-hydroxylation sites is 1. The summed E-state index contributed by atoms with van der Waals surface area (Å²) in [5, 5.41) is 8.82. The number of aliphatic carboxylic acids is 1. The molecule has 1 aromatic carbocycles. The number of hydrogen-bond acceptors (Lipinski definition) is 3. The van der Waals surface area contributed by atoms with Crippen LogP contribution in [0.25, 0.3) is 0 Å². The average Bonchev–Trinajstić information content (AvgIpc) is 2.38. The Morgan fingerprint density at radius 1 is 1.29 bits per heavy atom. The third-order valence-electron chi connectivity index (χ3n) is 3.41. The van der Waals surface area contributed by atoms with E-state index < -0.39 is 5.97 Å². The van der Waals surface area contributed by atoms with Crippen LogP contribution in [0.3, 0.4) is 0 Å². The number of likely N-dealkylation sites (N-methyl/N-ethyl adjacent to an activating group) is 1. The molecule has 0 aromatic heterocycles. The fourth-order valence-electron chi connectivity index (χ4n) is 2.34. The number of carboxylic acids is 1. The molecule has 1 N–H and O–H groups in total. The number of carboxylic acid groups (broad SMARTS) is 1. The van der Waals surface area contributed by atoms with E-state index in [1.165, 1.54) is 4.90 Å². The van der Waals surface area contributed by atoms with Crippen molar-refractivity contribution in [2.75, 3.05) is 13.2 Å². The first-order valence-electron chi connectivity index (χ1n) is 7.07. The molecule has 21 heavy (non-hydrogen) atoms. The van der Waals surface area contributed by atoms with Crippen molar-refractivity contribution in [1.29, 1.82) is 0 Å². The highest BCUT2D eigenvalue weighted by molar-refractivity contribution is 5.79. The van der Waals surface area contributed by atoms with Crippen LogP contribution in [0.2, 0.25) is 0 Å². The molecular weight excluding hydrogens is 270 g/mol. The Morgan fingerprint density at radius 3 is 2.33 bits per heavy atom. The highest BCUT2D eigenvalue weighted by Crippen LogP contribution is 2.22. The van der Waals surface area contributed by atoms with E-state index in [2.05, 4.69) is 0 Å². The smallest absolute Gasteiger partial charge is 0.305 e. The van der Waals surface area contributed by atoms with E-state index in [1.807, 2.05) is 39.0 Å². The first kappa shape index (κ1) is 17.0. The van der Waals surface area contributed by atoms with Gasteiger partial charge in [-0.3, -0.25) is 9.59 Å². The molecule has 5 nitrogen and oxygen atoms in total. The Morgan fingerprint density at radius 2 is 1.86 bits per heavy atom. The molecule has 0 aliphatic heterocycles. The van der Waals surface area contributed by atoms with Crippen LogP contribution in [0.4, 0.5) is 0 Å². The number of hydrogen-bond donors (Lipinski definition) is 1. The third kappa shape index (κ3) is 4.77. The summed E-state index contributed by atoms with van der Waals surface area (Å²) >= 11 is 0. The van der Waals surface area contributed by atoms with E-state index in [1.54, 1.807) is 6.92 Å². The summed E-state index contributed by atoms with van der Waals surface area (Å²) in [5.74, 6) is -0.397. The van der Waals surface area contributed by atoms with Gasteiger partial charge in [0.1, 0.15) is 5.75 Å². The van der Waals surface area contributed by atoms with Gasteiger partial charge in [0.2, 0.25) is 0 Å². The minimum Gasteiger partial charge on any atom is -0.483 e. The van der Waals surface area contributed by atoms with Crippen LogP contribution in [0.5, 0.6) is 5.75 Å². The number of ether oxygens (including phenoxy) is 1. The van der Waals surface area contributed by atoms with Gasteiger partial charge in [0.25, 0.3) is 5.91 Å². The fourth-order valence-corrected chi connectivity index (χ4v) is 2.34. The maximum absolute atomic E-state index is 12.2. The van der Waals surface area contributed by atoms with Gasteiger partial charge in [-0.15, -0.1) is 0 Å². The summed E-state index contributed by atoms with van der Waals surface area (Å²) in [6.45, 7) is 7.80. The zero-order chi connectivity index (χ0) is 16.0. The van der Waals surface area contributed by atoms with Crippen molar-refractivity contribution in [3.63, 3.8) is 0 Å². The predicted molar refractivity (Wildman–Crippen MR) is 80.5 cm³/mol. The Kier molecular flexibility index (Phi) is 6.21. The minimum absolute atomic E-state index is 0.0665. The SMILES string of the molecule is CCN(C(=O)COc1c(C)cccc1C)C(C)CC(=O)O. The maximum atomic E-state index is 12.2. The van der Waals surface area contributed by atoms with Crippen molar-refractivity contribution in [3.05, 3.63) is 29.3 Å². The van der Waals surface area contributed by atoms with Crippen molar-refractivity contribution >= 4 is 11.9 Å². The number of benzene rings is 1. The molecule has 1 atom stereocenters. The van der Waals surface area contributed by atoms with E-state index in [9.17, 15) is 9.59 Å². The molecule has 0 aliphatic carbocycles. The van der Waals surface area contributed by atoms with Crippen molar-refractivity contribution in [3.8, 4) is 5.75 Å². The van der Waals surface area contributed by atoms with Crippen molar-refractivity contribution in [2.24, 2.45) is 0 Å². The largest absolute Gasteiger partial charge is 0.483 e. The quantitative estimate of drug-likeness (QED) is 0.838. The molecule has 1 unspecified atom stereocenters. The monoisotopic (exact) mass is 293 g/mol. The summed E-state index contributed by atoms with van der Waals surface area (Å²) in [6.07, 6.45) is -0.0665. The van der Waals surface area contributed by atoms with Gasteiger partial charge in [0.15, 0.2) is 6.61 Å². The van der Waals surface area contributed by atoms with Gasteiger partial charge in [-0.1, -0.05) is 18.2 Å². The number of carbonyl (C=O) groups excluding carboxylic acids is 1. The highest BCUT2D eigenvalue weighted by Gasteiger charge is 2.21. The molecule has 0 heterocycles. The average molecular weight is 293 g/mol. The zero-order valence-electron chi connectivity index (χ0n) is 13.0. The molecule has 0 spiro atoms. The second kappa shape index (κ2) is 7.67. The second-order valence-corrected chi connectivity index (χ2v) is 5.14. The Bertz CT molecular complexity index is 493.